The summed E-state index contributed by atoms with van der Waals surface area (Å²) < 4.78 is 22.2. The molecule has 0 radical (unpaired) electrons. The van der Waals surface area contributed by atoms with Gasteiger partial charge in [-0.25, -0.2) is 13.6 Å². The zero-order valence-corrected chi connectivity index (χ0v) is 14.0. The fourth-order valence-electron chi connectivity index (χ4n) is 2.41. The molecule has 6 nitrogen and oxygen atoms in total. The molecule has 1 atom stereocenters. The molecule has 0 spiro atoms. The molecule has 22 heavy (non-hydrogen) atoms. The van der Waals surface area contributed by atoms with E-state index in [4.69, 9.17) is 10.9 Å². The highest BCUT2D eigenvalue weighted by Gasteiger charge is 2.41. The summed E-state index contributed by atoms with van der Waals surface area (Å²) in [5, 5.41) is 7.99. The van der Waals surface area contributed by atoms with Crippen molar-refractivity contribution < 1.29 is 13.2 Å². The van der Waals surface area contributed by atoms with Crippen LogP contribution < -0.4 is 16.2 Å². The maximum Gasteiger partial charge on any atom is 0.251 e. The molecule has 0 aromatic heterocycles. The number of carbonyl (C=O) groups is 1. The van der Waals surface area contributed by atoms with Crippen LogP contribution in [0.15, 0.2) is 24.3 Å². The molecule has 1 unspecified atom stereocenters. The Morgan fingerprint density at radius 3 is 2.55 bits per heavy atom. The summed E-state index contributed by atoms with van der Waals surface area (Å²) in [7, 11) is -3.61. The summed E-state index contributed by atoms with van der Waals surface area (Å²) >= 11 is 0. The minimum Gasteiger partial charge on any atom is -0.345 e. The van der Waals surface area contributed by atoms with Crippen molar-refractivity contribution in [3.63, 3.8) is 0 Å². The molecule has 1 aromatic rings. The lowest BCUT2D eigenvalue weighted by Gasteiger charge is -2.29. The van der Waals surface area contributed by atoms with Crippen molar-refractivity contribution in [1.29, 1.82) is 0 Å². The van der Waals surface area contributed by atoms with Crippen LogP contribution in [0.1, 0.15) is 35.7 Å². The van der Waals surface area contributed by atoms with Gasteiger partial charge in [0.1, 0.15) is 0 Å². The Kier molecular flexibility index (Phi) is 5.97. The molecule has 124 valence electrons. The minimum absolute atomic E-state index is 0. The Bertz CT molecular complexity index is 646. The summed E-state index contributed by atoms with van der Waals surface area (Å²) in [6.07, 6.45) is 2.14. The Hall–Kier alpha value is -1.15. The molecular formula is C14H22ClN3O3S. The first-order valence-electron chi connectivity index (χ1n) is 6.85. The molecule has 1 aliphatic carbocycles. The number of amides is 1. The SMILES string of the molecule is CC(CN)(NC(=O)c1cccc(CS(N)(=O)=O)c1)C1CC1.Cl. The Labute approximate surface area is 137 Å². The first kappa shape index (κ1) is 18.9. The fourth-order valence-corrected chi connectivity index (χ4v) is 3.05. The third-order valence-corrected chi connectivity index (χ3v) is 4.59. The van der Waals surface area contributed by atoms with Crippen molar-refractivity contribution in [3.8, 4) is 0 Å². The van der Waals surface area contributed by atoms with Crippen LogP contribution in [0.25, 0.3) is 0 Å². The van der Waals surface area contributed by atoms with Gasteiger partial charge in [-0.15, -0.1) is 12.4 Å². The number of nitrogens with two attached hydrogens (primary N) is 2. The Balaban J connectivity index is 0.00000242. The molecule has 0 aliphatic heterocycles. The third-order valence-electron chi connectivity index (χ3n) is 3.86. The zero-order chi connectivity index (χ0) is 15.7. The highest BCUT2D eigenvalue weighted by Crippen LogP contribution is 2.39. The number of primary sulfonamides is 1. The molecule has 2 rings (SSSR count). The van der Waals surface area contributed by atoms with Crippen molar-refractivity contribution in [1.82, 2.24) is 5.32 Å². The average molecular weight is 348 g/mol. The van der Waals surface area contributed by atoms with Crippen molar-refractivity contribution in [3.05, 3.63) is 35.4 Å². The van der Waals surface area contributed by atoms with Gasteiger partial charge in [0.05, 0.1) is 11.3 Å². The van der Waals surface area contributed by atoms with Crippen molar-refractivity contribution in [2.24, 2.45) is 16.8 Å². The van der Waals surface area contributed by atoms with Crippen molar-refractivity contribution in [2.75, 3.05) is 6.54 Å². The van der Waals surface area contributed by atoms with E-state index in [0.717, 1.165) is 12.8 Å². The van der Waals surface area contributed by atoms with E-state index < -0.39 is 15.6 Å². The van der Waals surface area contributed by atoms with E-state index in [9.17, 15) is 13.2 Å². The number of hydrogen-bond acceptors (Lipinski definition) is 4. The second-order valence-corrected chi connectivity index (χ2v) is 7.47. The molecule has 1 fully saturated rings. The van der Waals surface area contributed by atoms with E-state index in [0.29, 0.717) is 23.6 Å². The van der Waals surface area contributed by atoms with Crippen LogP contribution in [0.4, 0.5) is 0 Å². The van der Waals surface area contributed by atoms with Gasteiger partial charge in [0.15, 0.2) is 0 Å². The summed E-state index contributed by atoms with van der Waals surface area (Å²) in [5.74, 6) is -0.115. The molecule has 0 saturated heterocycles. The number of hydrogen-bond donors (Lipinski definition) is 3. The van der Waals surface area contributed by atoms with Gasteiger partial charge in [0, 0.05) is 12.1 Å². The zero-order valence-electron chi connectivity index (χ0n) is 12.4. The first-order valence-corrected chi connectivity index (χ1v) is 8.57. The summed E-state index contributed by atoms with van der Waals surface area (Å²) in [6, 6.07) is 6.46. The predicted octanol–water partition coefficient (Wildman–Crippen LogP) is 0.754. The van der Waals surface area contributed by atoms with Gasteiger partial charge in [-0.2, -0.15) is 0 Å². The number of carbonyl (C=O) groups excluding carboxylic acids is 1. The van der Waals surface area contributed by atoms with Gasteiger partial charge in [-0.05, 0) is 43.4 Å². The van der Waals surface area contributed by atoms with Crippen LogP contribution >= 0.6 is 12.4 Å². The summed E-state index contributed by atoms with van der Waals surface area (Å²) in [6.45, 7) is 2.32. The lowest BCUT2D eigenvalue weighted by molar-refractivity contribution is 0.0897. The van der Waals surface area contributed by atoms with Crippen LogP contribution in [0.5, 0.6) is 0 Å². The quantitative estimate of drug-likeness (QED) is 0.704. The molecule has 1 aromatic carbocycles. The van der Waals surface area contributed by atoms with Gasteiger partial charge in [0.25, 0.3) is 5.91 Å². The smallest absolute Gasteiger partial charge is 0.251 e. The minimum atomic E-state index is -3.61. The van der Waals surface area contributed by atoms with Crippen LogP contribution in [0.2, 0.25) is 0 Å². The van der Waals surface area contributed by atoms with Gasteiger partial charge in [0.2, 0.25) is 10.0 Å². The molecule has 8 heteroatoms. The summed E-state index contributed by atoms with van der Waals surface area (Å²) in [5.41, 5.74) is 6.27. The average Bonchev–Trinajstić information content (AvgIpc) is 3.21. The molecule has 1 aliphatic rings. The monoisotopic (exact) mass is 347 g/mol. The first-order chi connectivity index (χ1) is 9.73. The van der Waals surface area contributed by atoms with Crippen LogP contribution in [0.3, 0.4) is 0 Å². The number of sulfonamides is 1. The third kappa shape index (κ3) is 4.95. The lowest BCUT2D eigenvalue weighted by Crippen LogP contribution is -2.53. The van der Waals surface area contributed by atoms with E-state index in [2.05, 4.69) is 5.32 Å². The second-order valence-electron chi connectivity index (χ2n) is 5.86. The maximum absolute atomic E-state index is 12.3. The standard InChI is InChI=1S/C14H21N3O3S.ClH/c1-14(9-15,12-5-6-12)17-13(18)11-4-2-3-10(7-11)8-21(16,19)20;/h2-4,7,12H,5-6,8-9,15H2,1H3,(H,17,18)(H2,16,19,20);1H. The number of nitrogens with one attached hydrogen (secondary N) is 1. The van der Waals surface area contributed by atoms with Crippen LogP contribution in [-0.4, -0.2) is 26.4 Å². The van der Waals surface area contributed by atoms with Gasteiger partial charge in [-0.1, -0.05) is 12.1 Å². The second kappa shape index (κ2) is 6.95. The van der Waals surface area contributed by atoms with Gasteiger partial charge >= 0.3 is 0 Å². The van der Waals surface area contributed by atoms with Crippen molar-refractivity contribution >= 4 is 28.3 Å². The van der Waals surface area contributed by atoms with Gasteiger partial charge < -0.3 is 11.1 Å². The van der Waals surface area contributed by atoms with E-state index in [1.165, 1.54) is 0 Å². The molecule has 1 saturated carbocycles. The fraction of sp³-hybridized carbons (Fsp3) is 0.500. The normalized spacial score (nSPS) is 17.2. The van der Waals surface area contributed by atoms with Crippen LogP contribution in [-0.2, 0) is 15.8 Å². The van der Waals surface area contributed by atoms with E-state index in [-0.39, 0.29) is 24.1 Å². The van der Waals surface area contributed by atoms with Crippen molar-refractivity contribution in [2.45, 2.75) is 31.1 Å². The highest BCUT2D eigenvalue weighted by atomic mass is 35.5. The highest BCUT2D eigenvalue weighted by molar-refractivity contribution is 7.88. The number of halogens is 1. The number of benzene rings is 1. The van der Waals surface area contributed by atoms with E-state index in [1.807, 2.05) is 6.92 Å². The topological polar surface area (TPSA) is 115 Å². The number of rotatable bonds is 6. The molecule has 5 N–H and O–H groups in total. The molecule has 0 heterocycles. The molecule has 1 amide bonds. The maximum atomic E-state index is 12.3. The van der Waals surface area contributed by atoms with Crippen LogP contribution in [0, 0.1) is 5.92 Å². The van der Waals surface area contributed by atoms with E-state index >= 15 is 0 Å². The Morgan fingerprint density at radius 1 is 1.41 bits per heavy atom. The largest absolute Gasteiger partial charge is 0.345 e. The van der Waals surface area contributed by atoms with Gasteiger partial charge in [-0.3, -0.25) is 4.79 Å². The molecular weight excluding hydrogens is 326 g/mol. The molecule has 0 bridgehead atoms. The summed E-state index contributed by atoms with van der Waals surface area (Å²) in [4.78, 5) is 12.3. The predicted molar refractivity (Wildman–Crippen MR) is 88.2 cm³/mol. The Morgan fingerprint density at radius 2 is 2.05 bits per heavy atom. The lowest BCUT2D eigenvalue weighted by atomic mass is 9.95. The van der Waals surface area contributed by atoms with E-state index in [1.54, 1.807) is 24.3 Å².